The Morgan fingerprint density at radius 3 is 2.52 bits per heavy atom. The van der Waals surface area contributed by atoms with Gasteiger partial charge >= 0.3 is 12.4 Å². The molecule has 13 heteroatoms. The molecule has 0 saturated carbocycles. The number of nitrogens with zero attached hydrogens (tertiary/aromatic N) is 5. The highest BCUT2D eigenvalue weighted by Gasteiger charge is 2.32. The van der Waals surface area contributed by atoms with Gasteiger partial charge in [0.1, 0.15) is 12.1 Å². The number of benzene rings is 3. The molecule has 1 aromatic heterocycles. The van der Waals surface area contributed by atoms with Gasteiger partial charge in [0, 0.05) is 12.1 Å². The van der Waals surface area contributed by atoms with Gasteiger partial charge in [-0.05, 0) is 60.7 Å². The molecule has 1 saturated heterocycles. The Bertz CT molecular complexity index is 1690. The average molecular weight is 623 g/mol. The van der Waals surface area contributed by atoms with E-state index in [-0.39, 0.29) is 23.3 Å². The second-order valence-electron chi connectivity index (χ2n) is 10.2. The highest BCUT2D eigenvalue weighted by Crippen LogP contribution is 2.31. The van der Waals surface area contributed by atoms with Crippen LogP contribution in [0.4, 0.5) is 23.7 Å². The number of hydrogen-bond acceptors (Lipinski definition) is 6. The van der Waals surface area contributed by atoms with E-state index in [1.165, 1.54) is 51.9 Å². The third kappa shape index (κ3) is 7.28. The number of nitrogens with one attached hydrogen (secondary N) is 1. The van der Waals surface area contributed by atoms with Gasteiger partial charge in [0.15, 0.2) is 11.0 Å². The van der Waals surface area contributed by atoms with Crippen molar-refractivity contribution in [1.82, 2.24) is 20.1 Å². The van der Waals surface area contributed by atoms with Gasteiger partial charge in [-0.15, -0.1) is 18.3 Å². The molecule has 1 aliphatic rings. The van der Waals surface area contributed by atoms with Gasteiger partial charge in [0.25, 0.3) is 0 Å². The smallest absolute Gasteiger partial charge is 0.406 e. The fourth-order valence-corrected chi connectivity index (χ4v) is 5.52. The van der Waals surface area contributed by atoms with Crippen molar-refractivity contribution in [1.29, 1.82) is 0 Å². The maximum Gasteiger partial charge on any atom is 0.573 e. The lowest BCUT2D eigenvalue weighted by Gasteiger charge is -2.20. The predicted octanol–water partition coefficient (Wildman–Crippen LogP) is 6.65. The number of thioether (sulfide) groups is 1. The molecule has 1 atom stereocenters. The van der Waals surface area contributed by atoms with E-state index >= 15 is 0 Å². The van der Waals surface area contributed by atoms with Gasteiger partial charge in [-0.1, -0.05) is 67.6 Å². The van der Waals surface area contributed by atoms with Crippen molar-refractivity contribution in [2.75, 3.05) is 17.2 Å². The molecule has 1 fully saturated rings. The van der Waals surface area contributed by atoms with E-state index in [0.717, 1.165) is 34.4 Å². The number of amidine groups is 1. The number of rotatable bonds is 8. The van der Waals surface area contributed by atoms with Crippen LogP contribution in [0.5, 0.6) is 5.75 Å². The maximum absolute atomic E-state index is 12.7. The summed E-state index contributed by atoms with van der Waals surface area (Å²) in [4.78, 5) is 35.5. The quantitative estimate of drug-likeness (QED) is 0.236. The van der Waals surface area contributed by atoms with Crippen molar-refractivity contribution in [3.63, 3.8) is 0 Å². The van der Waals surface area contributed by atoms with Crippen molar-refractivity contribution >= 4 is 34.6 Å². The summed E-state index contributed by atoms with van der Waals surface area (Å²) in [5, 5.41) is 7.63. The molecule has 0 spiro atoms. The predicted molar refractivity (Wildman–Crippen MR) is 163 cm³/mol. The fraction of sp³-hybridized carbons (Fsp3) is 0.258. The van der Waals surface area contributed by atoms with Crippen LogP contribution >= 0.6 is 11.8 Å². The molecule has 9 nitrogen and oxygen atoms in total. The molecule has 1 aliphatic heterocycles. The summed E-state index contributed by atoms with van der Waals surface area (Å²) in [6, 6.07) is 18.2. The zero-order valence-electron chi connectivity index (χ0n) is 24.1. The topological polar surface area (TPSA) is 102 Å². The molecule has 3 aromatic carbocycles. The van der Waals surface area contributed by atoms with E-state index in [2.05, 4.69) is 25.1 Å². The summed E-state index contributed by atoms with van der Waals surface area (Å²) in [6.45, 7) is 6.33. The van der Waals surface area contributed by atoms with Crippen LogP contribution in [0.3, 0.4) is 0 Å². The van der Waals surface area contributed by atoms with E-state index in [9.17, 15) is 22.8 Å². The number of carbonyl (C=O) groups excluding carboxylic acids is 2. The summed E-state index contributed by atoms with van der Waals surface area (Å²) < 4.78 is 42.6. The van der Waals surface area contributed by atoms with Crippen LogP contribution in [0.15, 0.2) is 78.0 Å². The number of amides is 3. The summed E-state index contributed by atoms with van der Waals surface area (Å²) in [5.74, 6) is 0.201. The monoisotopic (exact) mass is 622 g/mol. The number of aromatic nitrogens is 3. The van der Waals surface area contributed by atoms with E-state index in [1.54, 1.807) is 0 Å². The minimum absolute atomic E-state index is 0.0334. The molecular weight excluding hydrogens is 593 g/mol. The van der Waals surface area contributed by atoms with Gasteiger partial charge < -0.3 is 10.1 Å². The van der Waals surface area contributed by atoms with Crippen LogP contribution in [0, 0.1) is 6.92 Å². The molecule has 2 heterocycles. The number of alkyl halides is 3. The SMILES string of the molecule is CCc1cc(C)ccc1N1C(=O)CS/C1=N\C(=O)NCC(C)c1ccc(-c2ncn(-c3ccc(OC(F)(F)F)cc3)n2)cc1. The fourth-order valence-electron chi connectivity index (χ4n) is 4.66. The van der Waals surface area contributed by atoms with Crippen molar-refractivity contribution in [3.8, 4) is 22.8 Å². The highest BCUT2D eigenvalue weighted by atomic mass is 32.2. The lowest BCUT2D eigenvalue weighted by molar-refractivity contribution is -0.274. The maximum atomic E-state index is 12.7. The largest absolute Gasteiger partial charge is 0.573 e. The van der Waals surface area contributed by atoms with Gasteiger partial charge in [-0.2, -0.15) is 4.99 Å². The second-order valence-corrected chi connectivity index (χ2v) is 11.1. The first-order valence-corrected chi connectivity index (χ1v) is 14.8. The van der Waals surface area contributed by atoms with E-state index in [4.69, 9.17) is 0 Å². The zero-order valence-corrected chi connectivity index (χ0v) is 24.9. The molecule has 1 N–H and O–H groups in total. The summed E-state index contributed by atoms with van der Waals surface area (Å²) >= 11 is 1.24. The number of urea groups is 1. The number of ether oxygens (including phenoxy) is 1. The molecule has 228 valence electrons. The molecular formula is C31H29F3N6O3S. The molecule has 1 unspecified atom stereocenters. The normalized spacial score (nSPS) is 15.1. The Hall–Kier alpha value is -4.65. The number of anilines is 1. The van der Waals surface area contributed by atoms with Crippen LogP contribution in [0.1, 0.15) is 36.5 Å². The lowest BCUT2D eigenvalue weighted by Crippen LogP contribution is -2.32. The molecule has 0 bridgehead atoms. The number of aliphatic imine (C=N–C) groups is 1. The van der Waals surface area contributed by atoms with Crippen LogP contribution < -0.4 is 15.0 Å². The van der Waals surface area contributed by atoms with Crippen molar-refractivity contribution in [2.45, 2.75) is 39.5 Å². The van der Waals surface area contributed by atoms with Crippen molar-refractivity contribution in [3.05, 3.63) is 89.7 Å². The third-order valence-corrected chi connectivity index (χ3v) is 7.87. The third-order valence-electron chi connectivity index (χ3n) is 6.94. The standard InChI is InChI=1S/C31H29F3N6O3S/c1-4-21-15-19(2)5-14-26(21)40-27(41)17-44-30(40)37-29(42)35-16-20(3)22-6-8-23(9-7-22)28-36-18-39(38-28)24-10-12-25(13-11-24)43-31(32,33)34/h5-15,18,20H,4,16-17H2,1-3H3,(H,35,42)/b37-30-. The first kappa shape index (κ1) is 30.8. The van der Waals surface area contributed by atoms with E-state index < -0.39 is 12.4 Å². The Labute approximate surface area is 256 Å². The second kappa shape index (κ2) is 12.9. The summed E-state index contributed by atoms with van der Waals surface area (Å²) in [7, 11) is 0. The van der Waals surface area contributed by atoms with Crippen LogP contribution in [-0.4, -0.2) is 50.5 Å². The molecule has 0 aliphatic carbocycles. The Kier molecular flexibility index (Phi) is 9.04. The molecule has 0 radical (unpaired) electrons. The first-order chi connectivity index (χ1) is 21.0. The van der Waals surface area contributed by atoms with Crippen LogP contribution in [-0.2, 0) is 11.2 Å². The Morgan fingerprint density at radius 2 is 1.84 bits per heavy atom. The highest BCUT2D eigenvalue weighted by molar-refractivity contribution is 8.15. The van der Waals surface area contributed by atoms with Gasteiger partial charge in [0.2, 0.25) is 5.91 Å². The van der Waals surface area contributed by atoms with Crippen LogP contribution in [0.25, 0.3) is 17.1 Å². The summed E-state index contributed by atoms with van der Waals surface area (Å²) in [6.07, 6.45) is -2.54. The average Bonchev–Trinajstić information content (AvgIpc) is 3.63. The molecule has 4 aromatic rings. The van der Waals surface area contributed by atoms with Gasteiger partial charge in [-0.3, -0.25) is 9.69 Å². The first-order valence-electron chi connectivity index (χ1n) is 13.8. The number of hydrogen-bond donors (Lipinski definition) is 1. The lowest BCUT2D eigenvalue weighted by atomic mass is 10.00. The zero-order chi connectivity index (χ0) is 31.4. The minimum atomic E-state index is -4.76. The van der Waals surface area contributed by atoms with Crippen molar-refractivity contribution < 1.29 is 27.5 Å². The number of halogens is 3. The van der Waals surface area contributed by atoms with Gasteiger partial charge in [-0.25, -0.2) is 14.5 Å². The Morgan fingerprint density at radius 1 is 1.11 bits per heavy atom. The Balaban J connectivity index is 1.19. The molecule has 5 rings (SSSR count). The van der Waals surface area contributed by atoms with E-state index in [0.29, 0.717) is 23.2 Å². The van der Waals surface area contributed by atoms with Crippen molar-refractivity contribution in [2.24, 2.45) is 4.99 Å². The molecule has 3 amide bonds. The molecule has 44 heavy (non-hydrogen) atoms. The van der Waals surface area contributed by atoms with Crippen LogP contribution in [0.2, 0.25) is 0 Å². The number of carbonyl (C=O) groups is 2. The van der Waals surface area contributed by atoms with Gasteiger partial charge in [0.05, 0.1) is 17.1 Å². The number of aryl methyl sites for hydroxylation is 2. The minimum Gasteiger partial charge on any atom is -0.406 e. The summed E-state index contributed by atoms with van der Waals surface area (Å²) in [5.41, 5.74) is 5.11. The van der Waals surface area contributed by atoms with E-state index in [1.807, 2.05) is 63.2 Å².